The molecule has 4 heteroatoms. The Balaban J connectivity index is 1.62. The number of nitrogens with zero attached hydrogens (tertiary/aromatic N) is 3. The Labute approximate surface area is 115 Å². The van der Waals surface area contributed by atoms with Crippen LogP contribution < -0.4 is 10.2 Å². The molecule has 3 rings (SSSR count). The largest absolute Gasteiger partial charge is 0.355 e. The Morgan fingerprint density at radius 1 is 1.05 bits per heavy atom. The molecule has 1 saturated heterocycles. The van der Waals surface area contributed by atoms with Crippen molar-refractivity contribution in [1.82, 2.24) is 15.3 Å². The van der Waals surface area contributed by atoms with Crippen LogP contribution in [0, 0.1) is 0 Å². The van der Waals surface area contributed by atoms with Crippen LogP contribution in [0.4, 0.5) is 5.82 Å². The predicted octanol–water partition coefficient (Wildman–Crippen LogP) is 2.50. The lowest BCUT2D eigenvalue weighted by molar-refractivity contribution is 0.552. The maximum absolute atomic E-state index is 4.77. The molecule has 1 aromatic rings. The van der Waals surface area contributed by atoms with Crippen LogP contribution in [-0.2, 0) is 6.54 Å². The average Bonchev–Trinajstić information content (AvgIpc) is 3.20. The van der Waals surface area contributed by atoms with Crippen LogP contribution in [0.25, 0.3) is 0 Å². The molecule has 0 bridgehead atoms. The van der Waals surface area contributed by atoms with Crippen LogP contribution in [0.5, 0.6) is 0 Å². The second-order valence-electron chi connectivity index (χ2n) is 5.78. The summed E-state index contributed by atoms with van der Waals surface area (Å²) in [7, 11) is 0. The Morgan fingerprint density at radius 2 is 1.79 bits per heavy atom. The molecule has 0 radical (unpaired) electrons. The molecule has 0 amide bonds. The third kappa shape index (κ3) is 3.90. The van der Waals surface area contributed by atoms with E-state index in [1.54, 1.807) is 0 Å². The van der Waals surface area contributed by atoms with E-state index in [-0.39, 0.29) is 0 Å². The Kier molecular flexibility index (Phi) is 4.28. The summed E-state index contributed by atoms with van der Waals surface area (Å²) < 4.78 is 0. The van der Waals surface area contributed by atoms with Crippen molar-refractivity contribution >= 4 is 5.82 Å². The number of aromatic nitrogens is 2. The van der Waals surface area contributed by atoms with Crippen LogP contribution in [0.3, 0.4) is 0 Å². The van der Waals surface area contributed by atoms with Crippen molar-refractivity contribution in [2.45, 2.75) is 57.5 Å². The minimum Gasteiger partial charge on any atom is -0.355 e. The molecule has 1 aliphatic carbocycles. The smallest absolute Gasteiger partial charge is 0.147 e. The number of nitrogens with one attached hydrogen (secondary N) is 1. The van der Waals surface area contributed by atoms with Gasteiger partial charge >= 0.3 is 0 Å². The fraction of sp³-hybridized carbons (Fsp3) is 0.733. The normalized spacial score (nSPS) is 20.9. The monoisotopic (exact) mass is 260 g/mol. The van der Waals surface area contributed by atoms with Gasteiger partial charge in [0.05, 0.1) is 11.9 Å². The maximum Gasteiger partial charge on any atom is 0.147 e. The highest BCUT2D eigenvalue weighted by molar-refractivity contribution is 5.36. The van der Waals surface area contributed by atoms with Gasteiger partial charge in [0.15, 0.2) is 0 Å². The van der Waals surface area contributed by atoms with Gasteiger partial charge in [-0.3, -0.25) is 4.98 Å². The zero-order valence-corrected chi connectivity index (χ0v) is 11.6. The first-order valence-corrected chi connectivity index (χ1v) is 7.71. The summed E-state index contributed by atoms with van der Waals surface area (Å²) in [6.07, 6.45) is 13.1. The molecule has 1 aromatic heterocycles. The highest BCUT2D eigenvalue weighted by atomic mass is 15.2. The molecule has 19 heavy (non-hydrogen) atoms. The fourth-order valence-corrected chi connectivity index (χ4v) is 2.65. The van der Waals surface area contributed by atoms with E-state index in [2.05, 4.69) is 15.2 Å². The highest BCUT2D eigenvalue weighted by Gasteiger charge is 2.20. The van der Waals surface area contributed by atoms with Crippen molar-refractivity contribution in [3.63, 3.8) is 0 Å². The quantitative estimate of drug-likeness (QED) is 0.903. The van der Waals surface area contributed by atoms with Gasteiger partial charge in [0.1, 0.15) is 5.82 Å². The standard InChI is InChI=1S/C15H24N4/c1-2-4-8-19(9-5-3-1)15-12-16-10-14(18-15)11-17-13-6-7-13/h10,12-13,17H,1-9,11H2. The van der Waals surface area contributed by atoms with E-state index >= 15 is 0 Å². The van der Waals surface area contributed by atoms with Crippen LogP contribution in [0.15, 0.2) is 12.4 Å². The summed E-state index contributed by atoms with van der Waals surface area (Å²) >= 11 is 0. The molecule has 2 heterocycles. The molecule has 104 valence electrons. The Bertz CT molecular complexity index is 395. The van der Waals surface area contributed by atoms with E-state index in [1.165, 1.54) is 44.9 Å². The molecule has 0 atom stereocenters. The molecule has 2 fully saturated rings. The first-order chi connectivity index (χ1) is 9.42. The summed E-state index contributed by atoms with van der Waals surface area (Å²) in [6, 6.07) is 0.729. The first kappa shape index (κ1) is 12.9. The predicted molar refractivity (Wildman–Crippen MR) is 77.2 cm³/mol. The van der Waals surface area contributed by atoms with E-state index in [0.29, 0.717) is 0 Å². The fourth-order valence-electron chi connectivity index (χ4n) is 2.65. The molecular weight excluding hydrogens is 236 g/mol. The minimum atomic E-state index is 0.729. The number of hydrogen-bond donors (Lipinski definition) is 1. The second-order valence-corrected chi connectivity index (χ2v) is 5.78. The van der Waals surface area contributed by atoms with E-state index in [4.69, 9.17) is 4.98 Å². The highest BCUT2D eigenvalue weighted by Crippen LogP contribution is 2.20. The zero-order chi connectivity index (χ0) is 12.9. The molecule has 0 aromatic carbocycles. The van der Waals surface area contributed by atoms with Gasteiger partial charge in [-0.25, -0.2) is 4.98 Å². The topological polar surface area (TPSA) is 41.1 Å². The average molecular weight is 260 g/mol. The van der Waals surface area contributed by atoms with Crippen molar-refractivity contribution in [3.05, 3.63) is 18.1 Å². The van der Waals surface area contributed by atoms with Crippen molar-refractivity contribution in [3.8, 4) is 0 Å². The van der Waals surface area contributed by atoms with Crippen LogP contribution in [0.1, 0.15) is 50.6 Å². The van der Waals surface area contributed by atoms with Gasteiger partial charge in [-0.05, 0) is 25.7 Å². The third-order valence-electron chi connectivity index (χ3n) is 4.00. The lowest BCUT2D eigenvalue weighted by atomic mass is 10.1. The van der Waals surface area contributed by atoms with Gasteiger partial charge in [0, 0.05) is 31.9 Å². The second kappa shape index (κ2) is 6.33. The summed E-state index contributed by atoms with van der Waals surface area (Å²) in [4.78, 5) is 11.5. The molecule has 4 nitrogen and oxygen atoms in total. The van der Waals surface area contributed by atoms with E-state index in [1.807, 2.05) is 12.4 Å². The number of anilines is 1. The van der Waals surface area contributed by atoms with Gasteiger partial charge < -0.3 is 10.2 Å². The minimum absolute atomic E-state index is 0.729. The maximum atomic E-state index is 4.77. The Hall–Kier alpha value is -1.16. The molecule has 1 aliphatic heterocycles. The van der Waals surface area contributed by atoms with E-state index in [9.17, 15) is 0 Å². The van der Waals surface area contributed by atoms with Gasteiger partial charge in [-0.1, -0.05) is 19.3 Å². The number of hydrogen-bond acceptors (Lipinski definition) is 4. The zero-order valence-electron chi connectivity index (χ0n) is 11.6. The van der Waals surface area contributed by atoms with Crippen LogP contribution in [0.2, 0.25) is 0 Å². The lowest BCUT2D eigenvalue weighted by Gasteiger charge is -2.25. The summed E-state index contributed by atoms with van der Waals surface area (Å²) in [5.41, 5.74) is 1.08. The molecule has 1 saturated carbocycles. The summed E-state index contributed by atoms with van der Waals surface area (Å²) in [6.45, 7) is 3.13. The van der Waals surface area contributed by atoms with Crippen molar-refractivity contribution in [2.24, 2.45) is 0 Å². The molecule has 1 N–H and O–H groups in total. The van der Waals surface area contributed by atoms with Gasteiger partial charge in [-0.15, -0.1) is 0 Å². The van der Waals surface area contributed by atoms with Gasteiger partial charge in [-0.2, -0.15) is 0 Å². The molecule has 2 aliphatic rings. The van der Waals surface area contributed by atoms with Gasteiger partial charge in [0.2, 0.25) is 0 Å². The van der Waals surface area contributed by atoms with Crippen molar-refractivity contribution in [2.75, 3.05) is 18.0 Å². The Morgan fingerprint density at radius 3 is 2.53 bits per heavy atom. The van der Waals surface area contributed by atoms with Crippen LogP contribution >= 0.6 is 0 Å². The van der Waals surface area contributed by atoms with Crippen molar-refractivity contribution < 1.29 is 0 Å². The summed E-state index contributed by atoms with van der Waals surface area (Å²) in [5, 5.41) is 3.50. The van der Waals surface area contributed by atoms with Crippen LogP contribution in [-0.4, -0.2) is 29.1 Å². The van der Waals surface area contributed by atoms with E-state index in [0.717, 1.165) is 37.2 Å². The first-order valence-electron chi connectivity index (χ1n) is 7.71. The summed E-state index contributed by atoms with van der Waals surface area (Å²) in [5.74, 6) is 1.07. The number of rotatable bonds is 4. The SMILES string of the molecule is c1ncc(N2CCCCCCC2)nc1CNC1CC1. The third-order valence-corrected chi connectivity index (χ3v) is 4.00. The molecular formula is C15H24N4. The van der Waals surface area contributed by atoms with Crippen molar-refractivity contribution in [1.29, 1.82) is 0 Å². The lowest BCUT2D eigenvalue weighted by Crippen LogP contribution is -2.28. The molecule has 0 unspecified atom stereocenters. The molecule has 0 spiro atoms. The van der Waals surface area contributed by atoms with E-state index < -0.39 is 0 Å². The van der Waals surface area contributed by atoms with Gasteiger partial charge in [0.25, 0.3) is 0 Å².